The van der Waals surface area contributed by atoms with Crippen LogP contribution in [0.15, 0.2) is 64.2 Å². The van der Waals surface area contributed by atoms with Crippen molar-refractivity contribution in [2.24, 2.45) is 0 Å². The largest absolute Gasteiger partial charge is 0.344 e. The third-order valence-electron chi connectivity index (χ3n) is 3.14. The Morgan fingerprint density at radius 1 is 1.12 bits per heavy atom. The van der Waals surface area contributed by atoms with E-state index in [0.29, 0.717) is 0 Å². The maximum Gasteiger partial charge on any atom is 0.132 e. The molecule has 1 unspecified atom stereocenters. The van der Waals surface area contributed by atoms with Crippen molar-refractivity contribution in [3.63, 3.8) is 0 Å². The Balaban J connectivity index is 2.04. The van der Waals surface area contributed by atoms with Crippen molar-refractivity contribution in [2.45, 2.75) is 6.17 Å². The Bertz CT molecular complexity index is 516. The topological polar surface area (TPSA) is 6.48 Å². The summed E-state index contributed by atoms with van der Waals surface area (Å²) in [4.78, 5) is 4.63. The van der Waals surface area contributed by atoms with E-state index in [1.165, 1.54) is 15.0 Å². The van der Waals surface area contributed by atoms with Gasteiger partial charge in [0.2, 0.25) is 0 Å². The number of benzene rings is 1. The van der Waals surface area contributed by atoms with Crippen LogP contribution in [0.3, 0.4) is 0 Å². The van der Waals surface area contributed by atoms with Crippen LogP contribution in [0.1, 0.15) is 11.7 Å². The standard InChI is InChI=1S/C14H13IN2/c1-16-13(15)12-9-5-6-10-17(12)14(16)11-7-3-2-4-8-11/h2-10,14H,1H3. The van der Waals surface area contributed by atoms with Crippen molar-refractivity contribution >= 4 is 22.6 Å². The van der Waals surface area contributed by atoms with E-state index in [9.17, 15) is 0 Å². The number of allylic oxidation sites excluding steroid dienone is 3. The Morgan fingerprint density at radius 2 is 1.88 bits per heavy atom. The summed E-state index contributed by atoms with van der Waals surface area (Å²) in [6.45, 7) is 0. The Labute approximate surface area is 115 Å². The van der Waals surface area contributed by atoms with Crippen LogP contribution >= 0.6 is 22.6 Å². The van der Waals surface area contributed by atoms with Gasteiger partial charge in [-0.25, -0.2) is 0 Å². The highest BCUT2D eigenvalue weighted by Crippen LogP contribution is 2.42. The molecule has 0 saturated carbocycles. The van der Waals surface area contributed by atoms with Gasteiger partial charge in [-0.15, -0.1) is 0 Å². The SMILES string of the molecule is CN1C(I)=C2C=CC=CN2C1c1ccccc1. The zero-order valence-electron chi connectivity index (χ0n) is 9.55. The quantitative estimate of drug-likeness (QED) is 0.571. The number of halogens is 1. The van der Waals surface area contributed by atoms with Crippen LogP contribution in [0.4, 0.5) is 0 Å². The second-order valence-electron chi connectivity index (χ2n) is 4.18. The van der Waals surface area contributed by atoms with Crippen LogP contribution < -0.4 is 0 Å². The first-order valence-electron chi connectivity index (χ1n) is 5.60. The van der Waals surface area contributed by atoms with Gasteiger partial charge in [-0.3, -0.25) is 0 Å². The molecule has 86 valence electrons. The summed E-state index contributed by atoms with van der Waals surface area (Å²) in [6.07, 6.45) is 8.77. The number of hydrogen-bond donors (Lipinski definition) is 0. The van der Waals surface area contributed by atoms with Gasteiger partial charge in [0.25, 0.3) is 0 Å². The van der Waals surface area contributed by atoms with Gasteiger partial charge >= 0.3 is 0 Å². The lowest BCUT2D eigenvalue weighted by molar-refractivity contribution is 0.221. The van der Waals surface area contributed by atoms with E-state index in [1.54, 1.807) is 0 Å². The molecular weight excluding hydrogens is 323 g/mol. The maximum absolute atomic E-state index is 2.41. The first-order chi connectivity index (χ1) is 8.29. The molecule has 0 N–H and O–H groups in total. The average molecular weight is 336 g/mol. The first-order valence-corrected chi connectivity index (χ1v) is 6.67. The summed E-state index contributed by atoms with van der Waals surface area (Å²) in [7, 11) is 2.15. The molecule has 0 fully saturated rings. The number of hydrogen-bond acceptors (Lipinski definition) is 2. The summed E-state index contributed by atoms with van der Waals surface area (Å²) < 4.78 is 1.29. The van der Waals surface area contributed by atoms with Gasteiger partial charge in [0.05, 0.1) is 5.70 Å². The molecule has 1 aromatic rings. The highest BCUT2D eigenvalue weighted by molar-refractivity contribution is 14.1. The van der Waals surface area contributed by atoms with Crippen LogP contribution in [0.2, 0.25) is 0 Å². The summed E-state index contributed by atoms with van der Waals surface area (Å²) in [5.74, 6) is 0. The van der Waals surface area contributed by atoms with E-state index < -0.39 is 0 Å². The Kier molecular flexibility index (Phi) is 2.70. The molecule has 17 heavy (non-hydrogen) atoms. The summed E-state index contributed by atoms with van der Waals surface area (Å²) >= 11 is 2.41. The van der Waals surface area contributed by atoms with Gasteiger partial charge in [0.1, 0.15) is 9.87 Å². The predicted molar refractivity (Wildman–Crippen MR) is 78.1 cm³/mol. The molecule has 3 heteroatoms. The Hall–Kier alpha value is -1.23. The zero-order chi connectivity index (χ0) is 11.8. The van der Waals surface area contributed by atoms with Gasteiger partial charge in [-0.05, 0) is 40.3 Å². The van der Waals surface area contributed by atoms with Crippen molar-refractivity contribution in [1.29, 1.82) is 0 Å². The van der Waals surface area contributed by atoms with Crippen molar-refractivity contribution in [1.82, 2.24) is 9.80 Å². The lowest BCUT2D eigenvalue weighted by Crippen LogP contribution is -2.27. The third kappa shape index (κ3) is 1.69. The fourth-order valence-corrected chi connectivity index (χ4v) is 3.05. The molecule has 1 atom stereocenters. The minimum absolute atomic E-state index is 0.277. The minimum Gasteiger partial charge on any atom is -0.344 e. The highest BCUT2D eigenvalue weighted by Gasteiger charge is 2.34. The Morgan fingerprint density at radius 3 is 2.65 bits per heavy atom. The van der Waals surface area contributed by atoms with E-state index in [-0.39, 0.29) is 6.17 Å². The number of nitrogens with zero attached hydrogens (tertiary/aromatic N) is 2. The fourth-order valence-electron chi connectivity index (χ4n) is 2.33. The molecule has 0 bridgehead atoms. The van der Waals surface area contributed by atoms with Crippen LogP contribution in [0, 0.1) is 0 Å². The lowest BCUT2D eigenvalue weighted by Gasteiger charge is -2.30. The van der Waals surface area contributed by atoms with E-state index in [0.717, 1.165) is 0 Å². The molecule has 2 aliphatic rings. The third-order valence-corrected chi connectivity index (χ3v) is 4.45. The van der Waals surface area contributed by atoms with Crippen molar-refractivity contribution in [3.05, 3.63) is 69.7 Å². The molecule has 0 amide bonds. The smallest absolute Gasteiger partial charge is 0.132 e. The monoisotopic (exact) mass is 336 g/mol. The minimum atomic E-state index is 0.277. The van der Waals surface area contributed by atoms with Crippen LogP contribution in [-0.2, 0) is 0 Å². The summed E-state index contributed by atoms with van der Waals surface area (Å²) in [5, 5.41) is 0. The second-order valence-corrected chi connectivity index (χ2v) is 5.20. The van der Waals surface area contributed by atoms with Gasteiger partial charge < -0.3 is 9.80 Å². The fraction of sp³-hybridized carbons (Fsp3) is 0.143. The first kappa shape index (κ1) is 10.9. The average Bonchev–Trinajstić information content (AvgIpc) is 2.64. The van der Waals surface area contributed by atoms with E-state index in [1.807, 2.05) is 0 Å². The van der Waals surface area contributed by atoms with Crippen molar-refractivity contribution in [3.8, 4) is 0 Å². The van der Waals surface area contributed by atoms with Gasteiger partial charge in [-0.2, -0.15) is 0 Å². The second kappa shape index (κ2) is 4.22. The molecule has 0 aromatic heterocycles. The molecule has 2 nitrogen and oxygen atoms in total. The van der Waals surface area contributed by atoms with Crippen molar-refractivity contribution < 1.29 is 0 Å². The molecule has 0 saturated heterocycles. The predicted octanol–water partition coefficient (Wildman–Crippen LogP) is 3.62. The zero-order valence-corrected chi connectivity index (χ0v) is 11.7. The normalized spacial score (nSPS) is 22.4. The maximum atomic E-state index is 2.41. The molecule has 2 aliphatic heterocycles. The molecule has 0 aliphatic carbocycles. The van der Waals surface area contributed by atoms with E-state index in [4.69, 9.17) is 0 Å². The van der Waals surface area contributed by atoms with Gasteiger partial charge in [0.15, 0.2) is 0 Å². The number of fused-ring (bicyclic) bond motifs is 1. The molecule has 0 spiro atoms. The summed E-state index contributed by atoms with van der Waals surface area (Å²) in [6, 6.07) is 10.6. The molecular formula is C14H13IN2. The summed E-state index contributed by atoms with van der Waals surface area (Å²) in [5.41, 5.74) is 2.60. The van der Waals surface area contributed by atoms with Gasteiger partial charge in [-0.1, -0.05) is 36.4 Å². The van der Waals surface area contributed by atoms with Crippen molar-refractivity contribution in [2.75, 3.05) is 7.05 Å². The van der Waals surface area contributed by atoms with E-state index >= 15 is 0 Å². The molecule has 2 heterocycles. The molecule has 3 rings (SSSR count). The molecule has 0 radical (unpaired) electrons. The van der Waals surface area contributed by atoms with Gasteiger partial charge in [0, 0.05) is 13.2 Å². The lowest BCUT2D eigenvalue weighted by atomic mass is 10.1. The van der Waals surface area contributed by atoms with Crippen LogP contribution in [0.25, 0.3) is 0 Å². The molecule has 1 aromatic carbocycles. The van der Waals surface area contributed by atoms with Crippen LogP contribution in [-0.4, -0.2) is 16.8 Å². The van der Waals surface area contributed by atoms with Crippen LogP contribution in [0.5, 0.6) is 0 Å². The highest BCUT2D eigenvalue weighted by atomic mass is 127. The number of rotatable bonds is 1. The van der Waals surface area contributed by atoms with E-state index in [2.05, 4.69) is 94.2 Å².